The van der Waals surface area contributed by atoms with Crippen LogP contribution in [0.2, 0.25) is 0 Å². The first-order valence-corrected chi connectivity index (χ1v) is 8.81. The van der Waals surface area contributed by atoms with Gasteiger partial charge in [0, 0.05) is 16.5 Å². The Morgan fingerprint density at radius 2 is 2.12 bits per heavy atom. The highest BCUT2D eigenvalue weighted by atomic mass is 79.9. The van der Waals surface area contributed by atoms with E-state index in [2.05, 4.69) is 21.9 Å². The summed E-state index contributed by atoms with van der Waals surface area (Å²) >= 11 is 3.47. The van der Waals surface area contributed by atoms with Crippen LogP contribution in [-0.2, 0) is 11.3 Å². The van der Waals surface area contributed by atoms with Crippen molar-refractivity contribution in [1.29, 1.82) is 0 Å². The summed E-state index contributed by atoms with van der Waals surface area (Å²) in [5.41, 5.74) is 1.87. The van der Waals surface area contributed by atoms with Gasteiger partial charge in [-0.3, -0.25) is 4.90 Å². The molecule has 1 atom stereocenters. The molecule has 0 fully saturated rings. The van der Waals surface area contributed by atoms with Crippen LogP contribution >= 0.6 is 15.9 Å². The monoisotopic (exact) mass is 399 g/mol. The van der Waals surface area contributed by atoms with Crippen LogP contribution in [0.1, 0.15) is 23.6 Å². The summed E-state index contributed by atoms with van der Waals surface area (Å²) in [4.78, 5) is 14.3. The Hall–Kier alpha value is -2.45. The summed E-state index contributed by atoms with van der Waals surface area (Å²) < 4.78 is 12.1. The molecule has 4 nitrogen and oxygen atoms in total. The average molecular weight is 400 g/mol. The Labute approximate surface area is 155 Å². The van der Waals surface area contributed by atoms with E-state index < -0.39 is 6.09 Å². The second-order valence-corrected chi connectivity index (χ2v) is 6.62. The van der Waals surface area contributed by atoms with Crippen LogP contribution in [0.15, 0.2) is 53.0 Å². The molecule has 0 N–H and O–H groups in total. The molecule has 0 aliphatic carbocycles. The van der Waals surface area contributed by atoms with Gasteiger partial charge in [0.05, 0.1) is 19.2 Å². The molecular weight excluding hydrogens is 382 g/mol. The first kappa shape index (κ1) is 17.4. The number of carbonyl (C=O) groups excluding carboxylic acids is 1. The van der Waals surface area contributed by atoms with Crippen molar-refractivity contribution in [2.45, 2.75) is 19.1 Å². The minimum absolute atomic E-state index is 0.166. The van der Waals surface area contributed by atoms with Gasteiger partial charge in [0.25, 0.3) is 0 Å². The third kappa shape index (κ3) is 4.15. The van der Waals surface area contributed by atoms with Crippen molar-refractivity contribution in [3.05, 3.63) is 64.1 Å². The molecule has 0 spiro atoms. The lowest BCUT2D eigenvalue weighted by molar-refractivity contribution is 0.0757. The number of carbonyl (C=O) groups is 1. The number of halogens is 1. The first-order valence-electron chi connectivity index (χ1n) is 8.02. The number of hydrogen-bond acceptors (Lipinski definition) is 3. The Kier molecular flexibility index (Phi) is 5.62. The van der Waals surface area contributed by atoms with Crippen molar-refractivity contribution in [1.82, 2.24) is 4.90 Å². The van der Waals surface area contributed by atoms with Gasteiger partial charge in [0.15, 0.2) is 0 Å². The zero-order valence-corrected chi connectivity index (χ0v) is 15.2. The maximum Gasteiger partial charge on any atom is 0.411 e. The Bertz CT molecular complexity index is 785. The van der Waals surface area contributed by atoms with Crippen LogP contribution in [0.5, 0.6) is 5.75 Å². The smallest absolute Gasteiger partial charge is 0.411 e. The summed E-state index contributed by atoms with van der Waals surface area (Å²) in [6.45, 7) is 0.936. The second-order valence-electron chi connectivity index (χ2n) is 5.71. The lowest BCUT2D eigenvalue weighted by atomic mass is 9.99. The molecule has 1 aliphatic heterocycles. The highest BCUT2D eigenvalue weighted by molar-refractivity contribution is 9.10. The standard InChI is InChI=1S/C20H18BrNO3/c1-2-11-22(20(23)25-14-15-6-4-3-5-7-15)18-10-12-24-19-9-8-16(21)13-17(18)19/h1,3-9,13,18H,10-12,14H2. The minimum atomic E-state index is -0.417. The average Bonchev–Trinajstić information content (AvgIpc) is 2.64. The van der Waals surface area contributed by atoms with Gasteiger partial charge in [-0.1, -0.05) is 52.2 Å². The van der Waals surface area contributed by atoms with Crippen LogP contribution in [0, 0.1) is 12.3 Å². The molecule has 5 heteroatoms. The van der Waals surface area contributed by atoms with E-state index in [0.717, 1.165) is 21.3 Å². The lowest BCUT2D eigenvalue weighted by Crippen LogP contribution is -2.38. The number of ether oxygens (including phenoxy) is 2. The summed E-state index contributed by atoms with van der Waals surface area (Å²) in [7, 11) is 0. The Balaban J connectivity index is 1.78. The van der Waals surface area contributed by atoms with Gasteiger partial charge >= 0.3 is 6.09 Å². The molecule has 0 saturated heterocycles. The number of hydrogen-bond donors (Lipinski definition) is 0. The topological polar surface area (TPSA) is 38.8 Å². The van der Waals surface area contributed by atoms with Crippen LogP contribution in [0.3, 0.4) is 0 Å². The molecule has 1 unspecified atom stereocenters. The van der Waals surface area contributed by atoms with Gasteiger partial charge in [0.1, 0.15) is 12.4 Å². The molecule has 0 aromatic heterocycles. The van der Waals surface area contributed by atoms with Crippen LogP contribution < -0.4 is 4.74 Å². The highest BCUT2D eigenvalue weighted by Crippen LogP contribution is 2.37. The van der Waals surface area contributed by atoms with Crippen LogP contribution in [0.25, 0.3) is 0 Å². The second kappa shape index (κ2) is 8.09. The zero-order valence-electron chi connectivity index (χ0n) is 13.7. The van der Waals surface area contributed by atoms with Gasteiger partial charge in [-0.15, -0.1) is 6.42 Å². The third-order valence-corrected chi connectivity index (χ3v) is 4.55. The van der Waals surface area contributed by atoms with E-state index >= 15 is 0 Å². The molecule has 1 amide bonds. The fourth-order valence-corrected chi connectivity index (χ4v) is 3.25. The predicted molar refractivity (Wildman–Crippen MR) is 99.2 cm³/mol. The summed E-state index contributed by atoms with van der Waals surface area (Å²) in [5, 5.41) is 0. The summed E-state index contributed by atoms with van der Waals surface area (Å²) in [5.74, 6) is 3.34. The van der Waals surface area contributed by atoms with Crippen molar-refractivity contribution in [2.75, 3.05) is 13.2 Å². The largest absolute Gasteiger partial charge is 0.493 e. The van der Waals surface area contributed by atoms with Crippen molar-refractivity contribution in [3.8, 4) is 18.1 Å². The maximum absolute atomic E-state index is 12.7. The van der Waals surface area contributed by atoms with Crippen LogP contribution in [0.4, 0.5) is 4.79 Å². The van der Waals surface area contributed by atoms with E-state index in [1.54, 1.807) is 4.90 Å². The Morgan fingerprint density at radius 3 is 2.88 bits per heavy atom. The molecule has 2 aromatic carbocycles. The molecule has 2 aromatic rings. The van der Waals surface area contributed by atoms with Gasteiger partial charge < -0.3 is 9.47 Å². The number of fused-ring (bicyclic) bond motifs is 1. The molecule has 0 radical (unpaired) electrons. The zero-order chi connectivity index (χ0) is 17.6. The molecule has 0 bridgehead atoms. The van der Waals surface area contributed by atoms with Crippen molar-refractivity contribution in [2.24, 2.45) is 0 Å². The number of rotatable bonds is 4. The first-order chi connectivity index (χ1) is 12.2. The molecule has 128 valence electrons. The van der Waals surface area contributed by atoms with Gasteiger partial charge in [-0.25, -0.2) is 4.79 Å². The molecular formula is C20H18BrNO3. The highest BCUT2D eigenvalue weighted by Gasteiger charge is 2.31. The van der Waals surface area contributed by atoms with Gasteiger partial charge in [-0.05, 0) is 23.8 Å². The molecule has 3 rings (SSSR count). The molecule has 1 heterocycles. The van der Waals surface area contributed by atoms with Crippen LogP contribution in [-0.4, -0.2) is 24.1 Å². The summed E-state index contributed by atoms with van der Waals surface area (Å²) in [6.07, 6.45) is 5.75. The fourth-order valence-electron chi connectivity index (χ4n) is 2.87. The van der Waals surface area contributed by atoms with E-state index in [4.69, 9.17) is 15.9 Å². The fraction of sp³-hybridized carbons (Fsp3) is 0.250. The third-order valence-electron chi connectivity index (χ3n) is 4.06. The van der Waals surface area contributed by atoms with Gasteiger partial charge in [-0.2, -0.15) is 0 Å². The number of terminal acetylenes is 1. The predicted octanol–water partition coefficient (Wildman–Crippen LogP) is 4.54. The van der Waals surface area contributed by atoms with E-state index in [1.807, 2.05) is 48.5 Å². The molecule has 0 saturated carbocycles. The van der Waals surface area contributed by atoms with Crippen molar-refractivity contribution < 1.29 is 14.3 Å². The minimum Gasteiger partial charge on any atom is -0.493 e. The van der Waals surface area contributed by atoms with E-state index in [1.165, 1.54) is 0 Å². The Morgan fingerprint density at radius 1 is 1.32 bits per heavy atom. The summed E-state index contributed by atoms with van der Waals surface area (Å²) in [6, 6.07) is 15.2. The van der Waals surface area contributed by atoms with E-state index in [-0.39, 0.29) is 19.2 Å². The van der Waals surface area contributed by atoms with Crippen molar-refractivity contribution in [3.63, 3.8) is 0 Å². The normalized spacial score (nSPS) is 15.4. The maximum atomic E-state index is 12.7. The quantitative estimate of drug-likeness (QED) is 0.708. The van der Waals surface area contributed by atoms with E-state index in [0.29, 0.717) is 13.0 Å². The van der Waals surface area contributed by atoms with Crippen molar-refractivity contribution >= 4 is 22.0 Å². The lowest BCUT2D eigenvalue weighted by Gasteiger charge is -2.34. The van der Waals surface area contributed by atoms with E-state index in [9.17, 15) is 4.79 Å². The number of nitrogens with zero attached hydrogens (tertiary/aromatic N) is 1. The SMILES string of the molecule is C#CCN(C(=O)OCc1ccccc1)C1CCOc2ccc(Br)cc21. The number of amides is 1. The molecule has 25 heavy (non-hydrogen) atoms. The van der Waals surface area contributed by atoms with Gasteiger partial charge in [0.2, 0.25) is 0 Å². The number of benzene rings is 2. The molecule has 1 aliphatic rings.